The van der Waals surface area contributed by atoms with Crippen molar-refractivity contribution in [3.63, 3.8) is 0 Å². The van der Waals surface area contributed by atoms with Crippen molar-refractivity contribution in [3.05, 3.63) is 71.3 Å². The Morgan fingerprint density at radius 1 is 1.00 bits per heavy atom. The number of benzene rings is 2. The van der Waals surface area contributed by atoms with E-state index in [1.54, 1.807) is 12.1 Å². The van der Waals surface area contributed by atoms with Crippen molar-refractivity contribution in [1.29, 1.82) is 0 Å². The van der Waals surface area contributed by atoms with Gasteiger partial charge in [-0.2, -0.15) is 0 Å². The van der Waals surface area contributed by atoms with Crippen LogP contribution >= 0.6 is 0 Å². The first-order valence-corrected chi connectivity index (χ1v) is 6.71. The van der Waals surface area contributed by atoms with E-state index in [1.807, 2.05) is 18.2 Å². The number of ether oxygens (including phenoxy) is 1. The second-order valence-electron chi connectivity index (χ2n) is 4.60. The molecule has 2 rings (SSSR count). The minimum Gasteiger partial charge on any atom is -0.465 e. The van der Waals surface area contributed by atoms with Crippen LogP contribution in [-0.4, -0.2) is 19.6 Å². The van der Waals surface area contributed by atoms with Crippen molar-refractivity contribution in [3.8, 4) is 0 Å². The third-order valence-electron chi connectivity index (χ3n) is 3.14. The van der Waals surface area contributed by atoms with Crippen LogP contribution in [0.5, 0.6) is 0 Å². The molecule has 104 valence electrons. The van der Waals surface area contributed by atoms with Crippen LogP contribution in [0.25, 0.3) is 0 Å². The third-order valence-corrected chi connectivity index (χ3v) is 3.14. The van der Waals surface area contributed by atoms with Gasteiger partial charge >= 0.3 is 5.97 Å². The van der Waals surface area contributed by atoms with Gasteiger partial charge in [0.15, 0.2) is 0 Å². The number of rotatable bonds is 6. The second-order valence-corrected chi connectivity index (χ2v) is 4.60. The number of carbonyl (C=O) groups excluding carboxylic acids is 1. The molecule has 0 radical (unpaired) electrons. The minimum atomic E-state index is -0.298. The smallest absolute Gasteiger partial charge is 0.337 e. The lowest BCUT2D eigenvalue weighted by Crippen LogP contribution is -2.16. The molecule has 20 heavy (non-hydrogen) atoms. The van der Waals surface area contributed by atoms with E-state index in [1.165, 1.54) is 12.7 Å². The monoisotopic (exact) mass is 269 g/mol. The zero-order valence-electron chi connectivity index (χ0n) is 11.6. The molecular weight excluding hydrogens is 250 g/mol. The highest BCUT2D eigenvalue weighted by Crippen LogP contribution is 2.05. The summed E-state index contributed by atoms with van der Waals surface area (Å²) in [5.41, 5.74) is 3.08. The Morgan fingerprint density at radius 3 is 2.35 bits per heavy atom. The summed E-state index contributed by atoms with van der Waals surface area (Å²) in [7, 11) is 1.39. The molecule has 0 atom stereocenters. The minimum absolute atomic E-state index is 0.298. The summed E-state index contributed by atoms with van der Waals surface area (Å²) in [6.07, 6.45) is 1.01. The van der Waals surface area contributed by atoms with Gasteiger partial charge in [-0.1, -0.05) is 42.5 Å². The van der Waals surface area contributed by atoms with Gasteiger partial charge in [0.2, 0.25) is 0 Å². The Hall–Kier alpha value is -2.13. The molecule has 0 aromatic heterocycles. The topological polar surface area (TPSA) is 38.3 Å². The summed E-state index contributed by atoms with van der Waals surface area (Å²) in [6.45, 7) is 1.73. The van der Waals surface area contributed by atoms with Crippen LogP contribution in [0.3, 0.4) is 0 Å². The van der Waals surface area contributed by atoms with E-state index < -0.39 is 0 Å². The fourth-order valence-electron chi connectivity index (χ4n) is 1.99. The SMILES string of the molecule is COC(=O)c1ccc(CNCCc2ccccc2)cc1. The Balaban J connectivity index is 1.75. The summed E-state index contributed by atoms with van der Waals surface area (Å²) in [4.78, 5) is 11.3. The van der Waals surface area contributed by atoms with Crippen molar-refractivity contribution in [2.75, 3.05) is 13.7 Å². The lowest BCUT2D eigenvalue weighted by Gasteiger charge is -2.06. The Labute approximate surface area is 119 Å². The van der Waals surface area contributed by atoms with Crippen molar-refractivity contribution < 1.29 is 9.53 Å². The number of nitrogens with one attached hydrogen (secondary N) is 1. The molecule has 0 heterocycles. The number of hydrogen-bond donors (Lipinski definition) is 1. The van der Waals surface area contributed by atoms with Gasteiger partial charge in [-0.05, 0) is 36.2 Å². The predicted octanol–water partition coefficient (Wildman–Crippen LogP) is 2.81. The molecule has 0 fully saturated rings. The van der Waals surface area contributed by atoms with Crippen LogP contribution in [-0.2, 0) is 17.7 Å². The zero-order chi connectivity index (χ0) is 14.2. The van der Waals surface area contributed by atoms with E-state index >= 15 is 0 Å². The molecule has 0 bridgehead atoms. The first-order valence-electron chi connectivity index (χ1n) is 6.71. The summed E-state index contributed by atoms with van der Waals surface area (Å²) >= 11 is 0. The predicted molar refractivity (Wildman–Crippen MR) is 79.6 cm³/mol. The maximum absolute atomic E-state index is 11.3. The molecule has 3 heteroatoms. The van der Waals surface area contributed by atoms with Crippen LogP contribution in [0.1, 0.15) is 21.5 Å². The fraction of sp³-hybridized carbons (Fsp3) is 0.235. The fourth-order valence-corrected chi connectivity index (χ4v) is 1.99. The first-order chi connectivity index (χ1) is 9.79. The van der Waals surface area contributed by atoms with Crippen LogP contribution < -0.4 is 5.32 Å². The van der Waals surface area contributed by atoms with Crippen LogP contribution in [0.4, 0.5) is 0 Å². The van der Waals surface area contributed by atoms with E-state index in [-0.39, 0.29) is 5.97 Å². The van der Waals surface area contributed by atoms with E-state index in [0.29, 0.717) is 5.56 Å². The van der Waals surface area contributed by atoms with Gasteiger partial charge in [0.1, 0.15) is 0 Å². The number of hydrogen-bond acceptors (Lipinski definition) is 3. The Morgan fingerprint density at radius 2 is 1.70 bits per heavy atom. The van der Waals surface area contributed by atoms with Crippen molar-refractivity contribution in [2.45, 2.75) is 13.0 Å². The zero-order valence-corrected chi connectivity index (χ0v) is 11.6. The molecule has 3 nitrogen and oxygen atoms in total. The summed E-state index contributed by atoms with van der Waals surface area (Å²) < 4.78 is 4.67. The molecule has 1 N–H and O–H groups in total. The molecule has 0 saturated carbocycles. The van der Waals surface area contributed by atoms with Gasteiger partial charge in [0.25, 0.3) is 0 Å². The van der Waals surface area contributed by atoms with E-state index in [0.717, 1.165) is 25.1 Å². The highest BCUT2D eigenvalue weighted by molar-refractivity contribution is 5.89. The molecule has 0 aliphatic carbocycles. The van der Waals surface area contributed by atoms with Crippen LogP contribution in [0.15, 0.2) is 54.6 Å². The average molecular weight is 269 g/mol. The highest BCUT2D eigenvalue weighted by Gasteiger charge is 2.03. The lowest BCUT2D eigenvalue weighted by atomic mass is 10.1. The van der Waals surface area contributed by atoms with Gasteiger partial charge < -0.3 is 10.1 Å². The Bertz CT molecular complexity index is 535. The van der Waals surface area contributed by atoms with Crippen LogP contribution in [0.2, 0.25) is 0 Å². The summed E-state index contributed by atoms with van der Waals surface area (Å²) in [5, 5.41) is 3.40. The van der Waals surface area contributed by atoms with Gasteiger partial charge in [0, 0.05) is 6.54 Å². The molecule has 0 spiro atoms. The van der Waals surface area contributed by atoms with Gasteiger partial charge in [-0.15, -0.1) is 0 Å². The normalized spacial score (nSPS) is 10.2. The molecule has 2 aromatic rings. The van der Waals surface area contributed by atoms with E-state index in [9.17, 15) is 4.79 Å². The maximum Gasteiger partial charge on any atom is 0.337 e. The third kappa shape index (κ3) is 4.21. The van der Waals surface area contributed by atoms with Gasteiger partial charge in [-0.25, -0.2) is 4.79 Å². The molecule has 0 amide bonds. The van der Waals surface area contributed by atoms with E-state index in [4.69, 9.17) is 0 Å². The standard InChI is InChI=1S/C17H19NO2/c1-20-17(19)16-9-7-15(8-10-16)13-18-12-11-14-5-3-2-4-6-14/h2-10,18H,11-13H2,1H3. The van der Waals surface area contributed by atoms with Crippen molar-refractivity contribution in [2.24, 2.45) is 0 Å². The summed E-state index contributed by atoms with van der Waals surface area (Å²) in [5.74, 6) is -0.298. The average Bonchev–Trinajstić information content (AvgIpc) is 2.52. The molecule has 0 aliphatic rings. The van der Waals surface area contributed by atoms with Crippen molar-refractivity contribution >= 4 is 5.97 Å². The van der Waals surface area contributed by atoms with E-state index in [2.05, 4.69) is 34.3 Å². The molecule has 0 aliphatic heterocycles. The maximum atomic E-state index is 11.3. The Kier molecular flexibility index (Phi) is 5.33. The van der Waals surface area contributed by atoms with Crippen molar-refractivity contribution in [1.82, 2.24) is 5.32 Å². The van der Waals surface area contributed by atoms with Gasteiger partial charge in [0.05, 0.1) is 12.7 Å². The highest BCUT2D eigenvalue weighted by atomic mass is 16.5. The second kappa shape index (κ2) is 7.46. The number of methoxy groups -OCH3 is 1. The summed E-state index contributed by atoms with van der Waals surface area (Å²) in [6, 6.07) is 17.9. The van der Waals surface area contributed by atoms with Crippen LogP contribution in [0, 0.1) is 0 Å². The molecule has 0 unspecified atom stereocenters. The molecular formula is C17H19NO2. The number of carbonyl (C=O) groups is 1. The largest absolute Gasteiger partial charge is 0.465 e. The lowest BCUT2D eigenvalue weighted by molar-refractivity contribution is 0.0600. The molecule has 0 saturated heterocycles. The number of esters is 1. The van der Waals surface area contributed by atoms with Gasteiger partial charge in [-0.3, -0.25) is 0 Å². The first kappa shape index (κ1) is 14.3. The molecule has 2 aromatic carbocycles. The quantitative estimate of drug-likeness (QED) is 0.647.